The summed E-state index contributed by atoms with van der Waals surface area (Å²) in [6.07, 6.45) is 4.06. The molecular formula is C19H31N7O. The largest absolute Gasteiger partial charge is 0.395 e. The first-order valence-electron chi connectivity index (χ1n) is 10.2. The summed E-state index contributed by atoms with van der Waals surface area (Å²) < 4.78 is 1.82. The Morgan fingerprint density at radius 3 is 2.52 bits per heavy atom. The molecule has 0 spiro atoms. The van der Waals surface area contributed by atoms with Gasteiger partial charge < -0.3 is 10.0 Å². The number of piperazine rings is 1. The van der Waals surface area contributed by atoms with Crippen molar-refractivity contribution in [2.75, 3.05) is 57.3 Å². The third-order valence-electron chi connectivity index (χ3n) is 6.00. The maximum Gasteiger partial charge on any atom is 0.200 e. The number of aromatic nitrogens is 4. The molecule has 2 aliphatic heterocycles. The van der Waals surface area contributed by atoms with Crippen molar-refractivity contribution in [2.45, 2.75) is 38.6 Å². The molecule has 148 valence electrons. The summed E-state index contributed by atoms with van der Waals surface area (Å²) in [6, 6.07) is 2.86. The van der Waals surface area contributed by atoms with Crippen LogP contribution >= 0.6 is 0 Å². The summed E-state index contributed by atoms with van der Waals surface area (Å²) in [7, 11) is 0. The SMILES string of the molecule is CC(C)c1cc(N2CCC(N3CCN(CCO)CC3)CC2)c2nncn2n1. The Labute approximate surface area is 160 Å². The highest BCUT2D eigenvalue weighted by Crippen LogP contribution is 2.28. The molecule has 8 heteroatoms. The molecule has 1 N–H and O–H groups in total. The van der Waals surface area contributed by atoms with Gasteiger partial charge in [0.2, 0.25) is 5.65 Å². The van der Waals surface area contributed by atoms with Crippen LogP contribution < -0.4 is 4.90 Å². The van der Waals surface area contributed by atoms with Gasteiger partial charge in [0, 0.05) is 51.9 Å². The third-order valence-corrected chi connectivity index (χ3v) is 6.00. The number of aliphatic hydroxyl groups is 1. The lowest BCUT2D eigenvalue weighted by Crippen LogP contribution is -2.53. The second kappa shape index (κ2) is 8.08. The van der Waals surface area contributed by atoms with Crippen LogP contribution in [0.25, 0.3) is 5.65 Å². The van der Waals surface area contributed by atoms with Gasteiger partial charge in [0.1, 0.15) is 6.33 Å². The lowest BCUT2D eigenvalue weighted by Gasteiger charge is -2.43. The van der Waals surface area contributed by atoms with Crippen molar-refractivity contribution in [3.05, 3.63) is 18.1 Å². The molecule has 0 radical (unpaired) electrons. The highest BCUT2D eigenvalue weighted by molar-refractivity contribution is 5.68. The first-order valence-corrected chi connectivity index (χ1v) is 10.2. The number of rotatable bonds is 5. The molecule has 0 saturated carbocycles. The van der Waals surface area contributed by atoms with E-state index < -0.39 is 0 Å². The van der Waals surface area contributed by atoms with Crippen molar-refractivity contribution in [3.63, 3.8) is 0 Å². The molecule has 2 fully saturated rings. The van der Waals surface area contributed by atoms with E-state index in [2.05, 4.69) is 49.9 Å². The number of anilines is 1. The molecule has 4 heterocycles. The minimum absolute atomic E-state index is 0.264. The number of nitrogens with zero attached hydrogens (tertiary/aromatic N) is 7. The Balaban J connectivity index is 1.41. The summed E-state index contributed by atoms with van der Waals surface area (Å²) in [6.45, 7) is 11.9. The molecule has 2 aliphatic rings. The van der Waals surface area contributed by atoms with Crippen LogP contribution in [0.2, 0.25) is 0 Å². The Hall–Kier alpha value is -1.77. The number of aliphatic hydroxyl groups excluding tert-OH is 1. The fourth-order valence-corrected chi connectivity index (χ4v) is 4.31. The van der Waals surface area contributed by atoms with Crippen molar-refractivity contribution in [1.29, 1.82) is 0 Å². The Bertz CT molecular complexity index is 746. The van der Waals surface area contributed by atoms with Gasteiger partial charge in [0.05, 0.1) is 18.0 Å². The van der Waals surface area contributed by atoms with Crippen LogP contribution in [0.1, 0.15) is 38.3 Å². The zero-order valence-corrected chi connectivity index (χ0v) is 16.5. The normalized spacial score (nSPS) is 20.8. The second-order valence-corrected chi connectivity index (χ2v) is 8.03. The van der Waals surface area contributed by atoms with Crippen molar-refractivity contribution in [1.82, 2.24) is 29.6 Å². The first-order chi connectivity index (χ1) is 13.2. The average molecular weight is 374 g/mol. The van der Waals surface area contributed by atoms with Gasteiger partial charge in [-0.1, -0.05) is 13.8 Å². The smallest absolute Gasteiger partial charge is 0.200 e. The van der Waals surface area contributed by atoms with Gasteiger partial charge in [0.15, 0.2) is 0 Å². The molecule has 0 atom stereocenters. The predicted octanol–water partition coefficient (Wildman–Crippen LogP) is 0.826. The number of hydrogen-bond donors (Lipinski definition) is 1. The van der Waals surface area contributed by atoms with Crippen LogP contribution in [0, 0.1) is 0 Å². The molecule has 2 saturated heterocycles. The van der Waals surface area contributed by atoms with E-state index in [1.165, 1.54) is 12.8 Å². The van der Waals surface area contributed by atoms with E-state index in [9.17, 15) is 0 Å². The van der Waals surface area contributed by atoms with Gasteiger partial charge in [-0.2, -0.15) is 9.61 Å². The molecule has 0 aromatic carbocycles. The lowest BCUT2D eigenvalue weighted by atomic mass is 10.0. The van der Waals surface area contributed by atoms with Gasteiger partial charge in [-0.15, -0.1) is 10.2 Å². The molecule has 2 aromatic heterocycles. The number of piperidine rings is 1. The zero-order valence-electron chi connectivity index (χ0n) is 16.5. The van der Waals surface area contributed by atoms with Gasteiger partial charge in [0.25, 0.3) is 0 Å². The highest BCUT2D eigenvalue weighted by atomic mass is 16.3. The van der Waals surface area contributed by atoms with Gasteiger partial charge in [-0.3, -0.25) is 9.80 Å². The Morgan fingerprint density at radius 2 is 1.85 bits per heavy atom. The average Bonchev–Trinajstić information content (AvgIpc) is 3.17. The summed E-state index contributed by atoms with van der Waals surface area (Å²) in [5, 5.41) is 22.1. The minimum atomic E-state index is 0.264. The van der Waals surface area contributed by atoms with Crippen molar-refractivity contribution >= 4 is 11.3 Å². The third kappa shape index (κ3) is 3.93. The van der Waals surface area contributed by atoms with Crippen LogP contribution in [0.5, 0.6) is 0 Å². The molecule has 8 nitrogen and oxygen atoms in total. The standard InChI is InChI=1S/C19H31N7O/c1-15(2)17-13-18(19-21-20-14-26(19)22-17)25-5-3-16(4-6-25)24-9-7-23(8-10-24)11-12-27/h13-16,27H,3-12H2,1-2H3. The molecule has 0 amide bonds. The topological polar surface area (TPSA) is 73.0 Å². The summed E-state index contributed by atoms with van der Waals surface area (Å²) >= 11 is 0. The van der Waals surface area contributed by atoms with Gasteiger partial charge in [-0.05, 0) is 24.8 Å². The predicted molar refractivity (Wildman–Crippen MR) is 105 cm³/mol. The molecule has 0 aliphatic carbocycles. The van der Waals surface area contributed by atoms with Crippen LogP contribution in [-0.2, 0) is 0 Å². The van der Waals surface area contributed by atoms with E-state index in [1.807, 2.05) is 4.52 Å². The molecular weight excluding hydrogens is 342 g/mol. The van der Waals surface area contributed by atoms with Crippen molar-refractivity contribution < 1.29 is 5.11 Å². The molecule has 27 heavy (non-hydrogen) atoms. The van der Waals surface area contributed by atoms with E-state index in [-0.39, 0.29) is 6.61 Å². The Morgan fingerprint density at radius 1 is 1.11 bits per heavy atom. The van der Waals surface area contributed by atoms with Crippen molar-refractivity contribution in [3.8, 4) is 0 Å². The quantitative estimate of drug-likeness (QED) is 0.832. The zero-order chi connectivity index (χ0) is 18.8. The van der Waals surface area contributed by atoms with Crippen LogP contribution in [0.15, 0.2) is 12.4 Å². The maximum absolute atomic E-state index is 9.11. The second-order valence-electron chi connectivity index (χ2n) is 8.03. The van der Waals surface area contributed by atoms with E-state index in [1.54, 1.807) is 6.33 Å². The molecule has 0 unspecified atom stereocenters. The number of β-amino-alcohol motifs (C(OH)–C–C–N with tert-alkyl or cyclic N) is 1. The number of hydrogen-bond acceptors (Lipinski definition) is 7. The fraction of sp³-hybridized carbons (Fsp3) is 0.737. The van der Waals surface area contributed by atoms with Gasteiger partial charge in [-0.25, -0.2) is 0 Å². The van der Waals surface area contributed by atoms with E-state index in [0.717, 1.165) is 62.8 Å². The summed E-state index contributed by atoms with van der Waals surface area (Å²) in [4.78, 5) is 7.46. The monoisotopic (exact) mass is 373 g/mol. The van der Waals surface area contributed by atoms with E-state index >= 15 is 0 Å². The lowest BCUT2D eigenvalue weighted by molar-refractivity contribution is 0.0747. The van der Waals surface area contributed by atoms with Crippen molar-refractivity contribution in [2.24, 2.45) is 0 Å². The molecule has 4 rings (SSSR count). The minimum Gasteiger partial charge on any atom is -0.395 e. The van der Waals surface area contributed by atoms with Gasteiger partial charge >= 0.3 is 0 Å². The van der Waals surface area contributed by atoms with Crippen LogP contribution in [0.3, 0.4) is 0 Å². The molecule has 0 bridgehead atoms. The maximum atomic E-state index is 9.11. The number of fused-ring (bicyclic) bond motifs is 1. The fourth-order valence-electron chi connectivity index (χ4n) is 4.31. The first kappa shape index (κ1) is 18.6. The summed E-state index contributed by atoms with van der Waals surface area (Å²) in [5.74, 6) is 0.378. The van der Waals surface area contributed by atoms with E-state index in [0.29, 0.717) is 12.0 Å². The Kier molecular flexibility index (Phi) is 5.56. The van der Waals surface area contributed by atoms with Crippen LogP contribution in [0.4, 0.5) is 5.69 Å². The summed E-state index contributed by atoms with van der Waals surface area (Å²) in [5.41, 5.74) is 3.10. The van der Waals surface area contributed by atoms with E-state index in [4.69, 9.17) is 5.11 Å². The molecule has 2 aromatic rings. The highest BCUT2D eigenvalue weighted by Gasteiger charge is 2.28. The van der Waals surface area contributed by atoms with Crippen LogP contribution in [-0.4, -0.2) is 93.2 Å².